The van der Waals surface area contributed by atoms with Crippen LogP contribution < -0.4 is 10.6 Å². The number of hydrogen-bond donors (Lipinski definition) is 3. The van der Waals surface area contributed by atoms with Crippen molar-refractivity contribution in [3.63, 3.8) is 0 Å². The number of aliphatic hydroxyl groups is 1. The van der Waals surface area contributed by atoms with E-state index in [2.05, 4.69) is 34.4 Å². The van der Waals surface area contributed by atoms with E-state index in [0.29, 0.717) is 12.2 Å². The standard InChI is InChI=1S/C25H34N4O3S/c1-15(23(31)28-13-17-5-4-12-33-17)18-6-8-25(3)9-7-19(16(2)21(25)22(18)30)29-24(32)20-14-26-10-11-27-20/h4-5,10-12,14-16,18-19,21-22,30H,6-9,13H2,1-3H3,(H,28,31)(H,29,32)/t15-,16-,18-,19-,21+,22-,25+/m0/s1. The molecule has 2 heterocycles. The number of carbonyl (C=O) groups is 2. The number of thiophene rings is 1. The molecule has 33 heavy (non-hydrogen) atoms. The van der Waals surface area contributed by atoms with E-state index in [-0.39, 0.29) is 46.9 Å². The summed E-state index contributed by atoms with van der Waals surface area (Å²) in [7, 11) is 0. The van der Waals surface area contributed by atoms with Gasteiger partial charge in [0.2, 0.25) is 5.91 Å². The van der Waals surface area contributed by atoms with Crippen LogP contribution in [0.3, 0.4) is 0 Å². The van der Waals surface area contributed by atoms with E-state index in [4.69, 9.17) is 0 Å². The minimum absolute atomic E-state index is 0.00739. The summed E-state index contributed by atoms with van der Waals surface area (Å²) in [4.78, 5) is 34.8. The maximum atomic E-state index is 12.9. The topological polar surface area (TPSA) is 104 Å². The third-order valence-electron chi connectivity index (χ3n) is 8.07. The Balaban J connectivity index is 1.43. The first-order chi connectivity index (χ1) is 15.8. The molecule has 0 aromatic carbocycles. The van der Waals surface area contributed by atoms with E-state index in [1.807, 2.05) is 24.4 Å². The van der Waals surface area contributed by atoms with Gasteiger partial charge in [0.25, 0.3) is 5.91 Å². The van der Waals surface area contributed by atoms with E-state index >= 15 is 0 Å². The van der Waals surface area contributed by atoms with Crippen molar-refractivity contribution in [3.8, 4) is 0 Å². The highest BCUT2D eigenvalue weighted by atomic mass is 32.1. The Labute approximate surface area is 199 Å². The average molecular weight is 471 g/mol. The molecule has 7 nitrogen and oxygen atoms in total. The quantitative estimate of drug-likeness (QED) is 0.600. The third kappa shape index (κ3) is 4.96. The Hall–Kier alpha value is -2.32. The highest BCUT2D eigenvalue weighted by Crippen LogP contribution is 2.55. The summed E-state index contributed by atoms with van der Waals surface area (Å²) in [6.07, 6.45) is 7.57. The molecule has 0 bridgehead atoms. The van der Waals surface area contributed by atoms with Crippen molar-refractivity contribution in [2.45, 2.75) is 65.1 Å². The number of nitrogens with one attached hydrogen (secondary N) is 2. The van der Waals surface area contributed by atoms with Crippen molar-refractivity contribution in [1.29, 1.82) is 0 Å². The van der Waals surface area contributed by atoms with Gasteiger partial charge in [-0.3, -0.25) is 14.6 Å². The van der Waals surface area contributed by atoms with Crippen molar-refractivity contribution < 1.29 is 14.7 Å². The second kappa shape index (κ2) is 9.89. The lowest BCUT2D eigenvalue weighted by Gasteiger charge is -2.56. The number of carbonyl (C=O) groups excluding carboxylic acids is 2. The Kier molecular flexibility index (Phi) is 7.14. The molecule has 0 saturated heterocycles. The summed E-state index contributed by atoms with van der Waals surface area (Å²) in [6, 6.07) is 3.94. The van der Waals surface area contributed by atoms with Gasteiger partial charge in [0.05, 0.1) is 18.8 Å². The van der Waals surface area contributed by atoms with Gasteiger partial charge in [0.15, 0.2) is 0 Å². The van der Waals surface area contributed by atoms with Crippen LogP contribution in [0.25, 0.3) is 0 Å². The minimum Gasteiger partial charge on any atom is -0.392 e. The zero-order valence-electron chi connectivity index (χ0n) is 19.5. The van der Waals surface area contributed by atoms with E-state index in [0.717, 1.165) is 30.6 Å². The number of amides is 2. The van der Waals surface area contributed by atoms with Gasteiger partial charge in [-0.1, -0.05) is 26.8 Å². The van der Waals surface area contributed by atoms with Gasteiger partial charge in [-0.15, -0.1) is 11.3 Å². The molecule has 0 unspecified atom stereocenters. The summed E-state index contributed by atoms with van der Waals surface area (Å²) < 4.78 is 0. The SMILES string of the molecule is C[C@@H]1[C@@H]2[C@@H](O)[C@H]([C@H](C)C(=O)NCc3cccs3)CC[C@]2(C)CC[C@@H]1NC(=O)c1cnccn1. The minimum atomic E-state index is -0.586. The molecule has 0 radical (unpaired) electrons. The summed E-state index contributed by atoms with van der Waals surface area (Å²) >= 11 is 1.62. The molecule has 2 saturated carbocycles. The number of aromatic nitrogens is 2. The summed E-state index contributed by atoms with van der Waals surface area (Å²) in [5, 5.41) is 19.7. The Bertz CT molecular complexity index is 954. The molecule has 7 atom stereocenters. The predicted octanol–water partition coefficient (Wildman–Crippen LogP) is 3.41. The highest BCUT2D eigenvalue weighted by Gasteiger charge is 2.53. The van der Waals surface area contributed by atoms with E-state index in [1.54, 1.807) is 17.5 Å². The molecule has 2 aromatic heterocycles. The summed E-state index contributed by atoms with van der Waals surface area (Å²) in [5.41, 5.74) is 0.312. The fraction of sp³-hybridized carbons (Fsp3) is 0.600. The molecule has 4 rings (SSSR count). The molecular formula is C25H34N4O3S. The number of rotatable bonds is 6. The van der Waals surface area contributed by atoms with Crippen molar-refractivity contribution in [2.75, 3.05) is 0 Å². The number of aliphatic hydroxyl groups excluding tert-OH is 1. The van der Waals surface area contributed by atoms with Crippen molar-refractivity contribution in [2.24, 2.45) is 29.1 Å². The van der Waals surface area contributed by atoms with E-state index in [1.165, 1.54) is 12.4 Å². The number of hydrogen-bond acceptors (Lipinski definition) is 6. The third-order valence-corrected chi connectivity index (χ3v) is 8.95. The first kappa shape index (κ1) is 23.8. The Morgan fingerprint density at radius 2 is 2.09 bits per heavy atom. The van der Waals surface area contributed by atoms with E-state index < -0.39 is 6.10 Å². The molecular weight excluding hydrogens is 436 g/mol. The normalized spacial score (nSPS) is 32.4. The molecule has 0 spiro atoms. The maximum absolute atomic E-state index is 12.9. The summed E-state index contributed by atoms with van der Waals surface area (Å²) in [5.74, 6) is -0.499. The molecule has 178 valence electrons. The molecule has 2 aliphatic rings. The molecule has 0 aliphatic heterocycles. The lowest BCUT2D eigenvalue weighted by atomic mass is 9.51. The van der Waals surface area contributed by atoms with Crippen molar-refractivity contribution in [3.05, 3.63) is 46.7 Å². The predicted molar refractivity (Wildman–Crippen MR) is 127 cm³/mol. The van der Waals surface area contributed by atoms with Gasteiger partial charge in [-0.05, 0) is 60.3 Å². The number of nitrogens with zero attached hydrogens (tertiary/aromatic N) is 2. The van der Waals surface area contributed by atoms with Gasteiger partial charge in [-0.25, -0.2) is 4.98 Å². The maximum Gasteiger partial charge on any atom is 0.271 e. The van der Waals surface area contributed by atoms with Gasteiger partial charge in [-0.2, -0.15) is 0 Å². The second-order valence-corrected chi connectivity index (χ2v) is 11.1. The van der Waals surface area contributed by atoms with Crippen LogP contribution in [-0.2, 0) is 11.3 Å². The smallest absolute Gasteiger partial charge is 0.271 e. The van der Waals surface area contributed by atoms with Crippen LogP contribution in [0.4, 0.5) is 0 Å². The molecule has 8 heteroatoms. The van der Waals surface area contributed by atoms with Gasteiger partial charge >= 0.3 is 0 Å². The molecule has 2 aliphatic carbocycles. The van der Waals surface area contributed by atoms with Crippen molar-refractivity contribution >= 4 is 23.2 Å². The van der Waals surface area contributed by atoms with Gasteiger partial charge in [0.1, 0.15) is 5.69 Å². The average Bonchev–Trinajstić information content (AvgIpc) is 3.33. The van der Waals surface area contributed by atoms with E-state index in [9.17, 15) is 14.7 Å². The molecule has 2 amide bonds. The van der Waals surface area contributed by atoms with Crippen LogP contribution in [0.1, 0.15) is 61.8 Å². The largest absolute Gasteiger partial charge is 0.392 e. The first-order valence-electron chi connectivity index (χ1n) is 11.8. The van der Waals surface area contributed by atoms with Crippen molar-refractivity contribution in [1.82, 2.24) is 20.6 Å². The van der Waals surface area contributed by atoms with Crippen LogP contribution in [0.2, 0.25) is 0 Å². The van der Waals surface area contributed by atoms with Crippen LogP contribution in [0.5, 0.6) is 0 Å². The highest BCUT2D eigenvalue weighted by molar-refractivity contribution is 7.09. The zero-order valence-corrected chi connectivity index (χ0v) is 20.3. The van der Waals surface area contributed by atoms with Gasteiger partial charge < -0.3 is 15.7 Å². The van der Waals surface area contributed by atoms with Crippen LogP contribution in [-0.4, -0.2) is 39.0 Å². The van der Waals surface area contributed by atoms with Gasteiger partial charge in [0, 0.05) is 29.2 Å². The number of fused-ring (bicyclic) bond motifs is 1. The van der Waals surface area contributed by atoms with Crippen LogP contribution >= 0.6 is 11.3 Å². The molecule has 2 aromatic rings. The van der Waals surface area contributed by atoms with Crippen LogP contribution in [0, 0.1) is 29.1 Å². The lowest BCUT2D eigenvalue weighted by molar-refractivity contribution is -0.142. The van der Waals surface area contributed by atoms with Crippen LogP contribution in [0.15, 0.2) is 36.1 Å². The summed E-state index contributed by atoms with van der Waals surface area (Å²) in [6.45, 7) is 6.84. The zero-order chi connectivity index (χ0) is 23.6. The molecule has 2 fully saturated rings. The fourth-order valence-corrected chi connectivity index (χ4v) is 6.74. The first-order valence-corrected chi connectivity index (χ1v) is 12.7. The Morgan fingerprint density at radius 3 is 2.79 bits per heavy atom. The fourth-order valence-electron chi connectivity index (χ4n) is 6.10. The monoisotopic (exact) mass is 470 g/mol. The molecule has 3 N–H and O–H groups in total. The Morgan fingerprint density at radius 1 is 1.30 bits per heavy atom. The lowest BCUT2D eigenvalue weighted by Crippen LogP contribution is -2.58. The second-order valence-electron chi connectivity index (χ2n) is 10.0.